The number of amides is 2. The Kier molecular flexibility index (Phi) is 9.15. The molecule has 0 spiro atoms. The Labute approximate surface area is 225 Å². The van der Waals surface area contributed by atoms with Crippen molar-refractivity contribution in [2.45, 2.75) is 11.8 Å². The van der Waals surface area contributed by atoms with E-state index in [2.05, 4.69) is 15.6 Å². The van der Waals surface area contributed by atoms with Crippen molar-refractivity contribution in [3.63, 3.8) is 0 Å². The molecule has 38 heavy (non-hydrogen) atoms. The van der Waals surface area contributed by atoms with Gasteiger partial charge in [-0.1, -0.05) is 48.5 Å². The van der Waals surface area contributed by atoms with Crippen molar-refractivity contribution in [2.24, 2.45) is 0 Å². The highest BCUT2D eigenvalue weighted by atomic mass is 32.2. The van der Waals surface area contributed by atoms with Gasteiger partial charge in [-0.15, -0.1) is 11.8 Å². The lowest BCUT2D eigenvalue weighted by Gasteiger charge is -2.12. The topological polar surface area (TPSA) is 100 Å². The molecule has 7 nitrogen and oxygen atoms in total. The Balaban J connectivity index is 1.52. The monoisotopic (exact) mass is 525 g/mol. The van der Waals surface area contributed by atoms with Gasteiger partial charge in [0.25, 0.3) is 11.8 Å². The number of benzene rings is 3. The van der Waals surface area contributed by atoms with Gasteiger partial charge in [-0.2, -0.15) is 0 Å². The van der Waals surface area contributed by atoms with E-state index >= 15 is 0 Å². The number of thioether (sulfide) groups is 1. The number of fused-ring (bicyclic) bond motifs is 1. The molecule has 192 valence electrons. The molecule has 0 aliphatic rings. The summed E-state index contributed by atoms with van der Waals surface area (Å²) in [7, 11) is 0. The molecular formula is C30H27N3O4S. The molecule has 0 radical (unpaired) electrons. The van der Waals surface area contributed by atoms with Gasteiger partial charge in [-0.25, -0.2) is 4.79 Å². The third kappa shape index (κ3) is 7.24. The van der Waals surface area contributed by atoms with E-state index in [9.17, 15) is 14.4 Å². The molecule has 0 aliphatic heterocycles. The van der Waals surface area contributed by atoms with Gasteiger partial charge in [0.2, 0.25) is 0 Å². The third-order valence-electron chi connectivity index (χ3n) is 5.43. The van der Waals surface area contributed by atoms with Crippen molar-refractivity contribution in [2.75, 3.05) is 17.7 Å². The van der Waals surface area contributed by atoms with Gasteiger partial charge in [0.1, 0.15) is 5.70 Å². The van der Waals surface area contributed by atoms with Crippen LogP contribution in [0, 0.1) is 0 Å². The van der Waals surface area contributed by atoms with E-state index in [0.29, 0.717) is 23.6 Å². The summed E-state index contributed by atoms with van der Waals surface area (Å²) in [5.74, 6) is -0.649. The summed E-state index contributed by atoms with van der Waals surface area (Å²) in [5, 5.41) is 6.59. The number of aromatic amines is 1. The summed E-state index contributed by atoms with van der Waals surface area (Å²) in [6.45, 7) is 2.09. The highest BCUT2D eigenvalue weighted by Gasteiger charge is 2.16. The molecule has 0 saturated heterocycles. The van der Waals surface area contributed by atoms with E-state index in [0.717, 1.165) is 21.4 Å². The summed E-state index contributed by atoms with van der Waals surface area (Å²) in [5.41, 5.74) is 2.83. The number of esters is 1. The Morgan fingerprint density at radius 3 is 2.58 bits per heavy atom. The number of carbonyl (C=O) groups is 3. The highest BCUT2D eigenvalue weighted by Crippen LogP contribution is 2.23. The van der Waals surface area contributed by atoms with Crippen molar-refractivity contribution in [1.82, 2.24) is 10.3 Å². The number of para-hydroxylation sites is 1. The molecule has 0 aliphatic carbocycles. The molecule has 1 aromatic heterocycles. The van der Waals surface area contributed by atoms with E-state index < -0.39 is 5.91 Å². The number of rotatable bonds is 10. The van der Waals surface area contributed by atoms with Crippen molar-refractivity contribution >= 4 is 52.2 Å². The predicted octanol–water partition coefficient (Wildman–Crippen LogP) is 5.79. The largest absolute Gasteiger partial charge is 0.463 e. The zero-order chi connectivity index (χ0) is 26.7. The lowest BCUT2D eigenvalue weighted by atomic mass is 10.1. The van der Waals surface area contributed by atoms with Gasteiger partial charge in [0.05, 0.1) is 6.61 Å². The van der Waals surface area contributed by atoms with Crippen LogP contribution in [0.1, 0.15) is 22.8 Å². The number of hydrogen-bond acceptors (Lipinski definition) is 5. The molecule has 0 saturated carbocycles. The van der Waals surface area contributed by atoms with Gasteiger partial charge in [0.15, 0.2) is 0 Å². The second kappa shape index (κ2) is 13.1. The van der Waals surface area contributed by atoms with Gasteiger partial charge >= 0.3 is 5.97 Å². The summed E-state index contributed by atoms with van der Waals surface area (Å²) in [6.07, 6.45) is 6.59. The van der Waals surface area contributed by atoms with Crippen molar-refractivity contribution in [3.05, 3.63) is 114 Å². The standard InChI is InChI=1S/C30H27N3O4S/c1-2-37-28(34)16-9-17-38-24-13-8-12-23(19-24)32-30(36)27(33-29(35)21-10-4-3-5-11-21)18-22-20-31-26-15-7-6-14-25(22)26/h3-16,18-20,31H,2,17H2,1H3,(H,32,36)(H,33,35)/b16-9+,27-18+. The van der Waals surface area contributed by atoms with E-state index in [-0.39, 0.29) is 17.6 Å². The minimum absolute atomic E-state index is 0.110. The number of ether oxygens (including phenoxy) is 1. The Bertz CT molecular complexity index is 1490. The van der Waals surface area contributed by atoms with E-state index in [1.54, 1.807) is 55.6 Å². The Morgan fingerprint density at radius 2 is 1.76 bits per heavy atom. The third-order valence-corrected chi connectivity index (χ3v) is 6.37. The van der Waals surface area contributed by atoms with E-state index in [4.69, 9.17) is 4.74 Å². The van der Waals surface area contributed by atoms with Crippen molar-refractivity contribution in [3.8, 4) is 0 Å². The van der Waals surface area contributed by atoms with Crippen molar-refractivity contribution < 1.29 is 19.1 Å². The number of nitrogens with one attached hydrogen (secondary N) is 3. The first-order valence-corrected chi connectivity index (χ1v) is 13.0. The van der Waals surface area contributed by atoms with Gasteiger partial charge in [-0.3, -0.25) is 9.59 Å². The maximum atomic E-state index is 13.4. The van der Waals surface area contributed by atoms with E-state index in [1.807, 2.05) is 48.5 Å². The first kappa shape index (κ1) is 26.5. The number of H-pyrrole nitrogens is 1. The van der Waals surface area contributed by atoms with Crippen LogP contribution in [0.5, 0.6) is 0 Å². The average Bonchev–Trinajstić information content (AvgIpc) is 3.34. The normalized spacial score (nSPS) is 11.4. The minimum Gasteiger partial charge on any atom is -0.463 e. The van der Waals surface area contributed by atoms with Crippen LogP contribution in [0.25, 0.3) is 17.0 Å². The number of carbonyl (C=O) groups excluding carboxylic acids is 3. The molecule has 4 aromatic rings. The molecule has 0 atom stereocenters. The molecular weight excluding hydrogens is 498 g/mol. The zero-order valence-corrected chi connectivity index (χ0v) is 21.6. The highest BCUT2D eigenvalue weighted by molar-refractivity contribution is 7.99. The maximum Gasteiger partial charge on any atom is 0.330 e. The second-order valence-electron chi connectivity index (χ2n) is 8.12. The molecule has 1 heterocycles. The summed E-state index contributed by atoms with van der Waals surface area (Å²) in [4.78, 5) is 41.8. The summed E-state index contributed by atoms with van der Waals surface area (Å²) < 4.78 is 4.88. The predicted molar refractivity (Wildman–Crippen MR) is 152 cm³/mol. The van der Waals surface area contributed by atoms with Crippen LogP contribution in [-0.4, -0.2) is 35.1 Å². The molecule has 2 amide bonds. The van der Waals surface area contributed by atoms with E-state index in [1.165, 1.54) is 17.8 Å². The Hall–Kier alpha value is -4.56. The minimum atomic E-state index is -0.455. The molecule has 0 fully saturated rings. The van der Waals surface area contributed by atoms with Crippen LogP contribution in [0.4, 0.5) is 5.69 Å². The number of anilines is 1. The van der Waals surface area contributed by atoms with Gasteiger partial charge in [0, 0.05) is 50.6 Å². The smallest absolute Gasteiger partial charge is 0.330 e. The lowest BCUT2D eigenvalue weighted by Crippen LogP contribution is -2.30. The maximum absolute atomic E-state index is 13.4. The fourth-order valence-corrected chi connectivity index (χ4v) is 4.42. The summed E-state index contributed by atoms with van der Waals surface area (Å²) >= 11 is 1.51. The van der Waals surface area contributed by atoms with Gasteiger partial charge in [-0.05, 0) is 49.4 Å². The lowest BCUT2D eigenvalue weighted by molar-refractivity contribution is -0.137. The number of hydrogen-bond donors (Lipinski definition) is 3. The van der Waals surface area contributed by atoms with Crippen LogP contribution >= 0.6 is 11.8 Å². The second-order valence-corrected chi connectivity index (χ2v) is 9.21. The molecule has 3 aromatic carbocycles. The molecule has 3 N–H and O–H groups in total. The van der Waals surface area contributed by atoms with Crippen LogP contribution in [0.3, 0.4) is 0 Å². The molecule has 4 rings (SSSR count). The average molecular weight is 526 g/mol. The fraction of sp³-hybridized carbons (Fsp3) is 0.100. The SMILES string of the molecule is CCOC(=O)/C=C/CSc1cccc(NC(=O)/C(=C\c2c[nH]c3ccccc23)NC(=O)c2ccccc2)c1. The van der Waals surface area contributed by atoms with Crippen LogP contribution in [-0.2, 0) is 14.3 Å². The van der Waals surface area contributed by atoms with Crippen LogP contribution in [0.2, 0.25) is 0 Å². The van der Waals surface area contributed by atoms with Crippen molar-refractivity contribution in [1.29, 1.82) is 0 Å². The number of aromatic nitrogens is 1. The Morgan fingerprint density at radius 1 is 0.974 bits per heavy atom. The van der Waals surface area contributed by atoms with Crippen LogP contribution < -0.4 is 10.6 Å². The molecule has 0 bridgehead atoms. The first-order valence-electron chi connectivity index (χ1n) is 12.0. The summed E-state index contributed by atoms with van der Waals surface area (Å²) in [6, 6.07) is 23.8. The van der Waals surface area contributed by atoms with Gasteiger partial charge < -0.3 is 20.4 Å². The molecule has 0 unspecified atom stereocenters. The van der Waals surface area contributed by atoms with Crippen LogP contribution in [0.15, 0.2) is 108 Å². The quantitative estimate of drug-likeness (QED) is 0.138. The fourth-order valence-electron chi connectivity index (χ4n) is 3.65. The zero-order valence-electron chi connectivity index (χ0n) is 20.8. The first-order chi connectivity index (χ1) is 18.5. The molecule has 8 heteroatoms.